The Morgan fingerprint density at radius 2 is 2.16 bits per heavy atom. The number of methoxy groups -OCH3 is 1. The Bertz CT molecular complexity index is 430. The van der Waals surface area contributed by atoms with Crippen LogP contribution in [0, 0.1) is 0 Å². The van der Waals surface area contributed by atoms with Crippen molar-refractivity contribution in [1.29, 1.82) is 0 Å². The number of hydrogen-bond donors (Lipinski definition) is 1. The molecule has 4 heteroatoms. The molecule has 2 heterocycles. The van der Waals surface area contributed by atoms with Crippen molar-refractivity contribution in [2.75, 3.05) is 39.9 Å². The summed E-state index contributed by atoms with van der Waals surface area (Å²) in [5, 5.41) is 3.42. The van der Waals surface area contributed by atoms with E-state index in [0.717, 1.165) is 50.7 Å². The minimum atomic E-state index is 0.491. The Balaban J connectivity index is 1.89. The monoisotopic (exact) mass is 262 g/mol. The SMILES string of the molecule is COc1ccc2c(c1)OCCCC2N1CCNCC1. The van der Waals surface area contributed by atoms with E-state index in [1.165, 1.54) is 12.0 Å². The lowest BCUT2D eigenvalue weighted by molar-refractivity contribution is 0.165. The molecule has 0 aliphatic carbocycles. The zero-order valence-electron chi connectivity index (χ0n) is 11.5. The van der Waals surface area contributed by atoms with Gasteiger partial charge in [-0.3, -0.25) is 4.90 Å². The largest absolute Gasteiger partial charge is 0.497 e. The standard InChI is InChI=1S/C15H22N2O2/c1-18-12-4-5-13-14(17-8-6-16-7-9-17)3-2-10-19-15(13)11-12/h4-5,11,14,16H,2-3,6-10H2,1H3. The van der Waals surface area contributed by atoms with Gasteiger partial charge in [0.25, 0.3) is 0 Å². The van der Waals surface area contributed by atoms with Gasteiger partial charge in [0, 0.05) is 43.9 Å². The molecule has 0 bridgehead atoms. The second kappa shape index (κ2) is 5.80. The Kier molecular flexibility index (Phi) is 3.89. The molecule has 1 N–H and O–H groups in total. The lowest BCUT2D eigenvalue weighted by Crippen LogP contribution is -2.45. The summed E-state index contributed by atoms with van der Waals surface area (Å²) in [6.07, 6.45) is 2.30. The molecule has 1 aromatic carbocycles. The lowest BCUT2D eigenvalue weighted by Gasteiger charge is -2.34. The van der Waals surface area contributed by atoms with Crippen LogP contribution in [0.15, 0.2) is 18.2 Å². The number of nitrogens with one attached hydrogen (secondary N) is 1. The van der Waals surface area contributed by atoms with Crippen LogP contribution in [-0.4, -0.2) is 44.8 Å². The average molecular weight is 262 g/mol. The van der Waals surface area contributed by atoms with Crippen molar-refractivity contribution in [2.45, 2.75) is 18.9 Å². The van der Waals surface area contributed by atoms with Gasteiger partial charge < -0.3 is 14.8 Å². The number of ether oxygens (including phenoxy) is 2. The Morgan fingerprint density at radius 1 is 1.32 bits per heavy atom. The van der Waals surface area contributed by atoms with Gasteiger partial charge >= 0.3 is 0 Å². The molecule has 1 atom stereocenters. The van der Waals surface area contributed by atoms with Crippen LogP contribution in [-0.2, 0) is 0 Å². The molecule has 1 unspecified atom stereocenters. The first kappa shape index (κ1) is 12.8. The van der Waals surface area contributed by atoms with Crippen LogP contribution in [0.2, 0.25) is 0 Å². The van der Waals surface area contributed by atoms with Gasteiger partial charge in [-0.25, -0.2) is 0 Å². The summed E-state index contributed by atoms with van der Waals surface area (Å²) >= 11 is 0. The molecule has 0 aromatic heterocycles. The first-order valence-electron chi connectivity index (χ1n) is 7.14. The second-order valence-electron chi connectivity index (χ2n) is 5.20. The van der Waals surface area contributed by atoms with Crippen LogP contribution < -0.4 is 14.8 Å². The van der Waals surface area contributed by atoms with E-state index in [1.54, 1.807) is 7.11 Å². The third-order valence-corrected chi connectivity index (χ3v) is 4.05. The molecule has 19 heavy (non-hydrogen) atoms. The molecular formula is C15H22N2O2. The highest BCUT2D eigenvalue weighted by Gasteiger charge is 2.26. The van der Waals surface area contributed by atoms with E-state index in [4.69, 9.17) is 9.47 Å². The first-order chi connectivity index (χ1) is 9.38. The van der Waals surface area contributed by atoms with E-state index in [9.17, 15) is 0 Å². The maximum atomic E-state index is 5.89. The van der Waals surface area contributed by atoms with Crippen molar-refractivity contribution < 1.29 is 9.47 Å². The molecule has 4 nitrogen and oxygen atoms in total. The fraction of sp³-hybridized carbons (Fsp3) is 0.600. The molecule has 0 radical (unpaired) electrons. The molecule has 2 aliphatic heterocycles. The highest BCUT2D eigenvalue weighted by Crippen LogP contribution is 2.37. The molecule has 1 saturated heterocycles. The summed E-state index contributed by atoms with van der Waals surface area (Å²) in [5.41, 5.74) is 1.32. The van der Waals surface area contributed by atoms with E-state index in [0.29, 0.717) is 6.04 Å². The van der Waals surface area contributed by atoms with E-state index in [-0.39, 0.29) is 0 Å². The molecule has 1 fully saturated rings. The first-order valence-corrected chi connectivity index (χ1v) is 7.14. The van der Waals surface area contributed by atoms with E-state index < -0.39 is 0 Å². The van der Waals surface area contributed by atoms with Gasteiger partial charge in [0.05, 0.1) is 13.7 Å². The lowest BCUT2D eigenvalue weighted by atomic mass is 9.99. The van der Waals surface area contributed by atoms with E-state index >= 15 is 0 Å². The number of hydrogen-bond acceptors (Lipinski definition) is 4. The Morgan fingerprint density at radius 3 is 2.95 bits per heavy atom. The molecule has 0 saturated carbocycles. The summed E-state index contributed by atoms with van der Waals surface area (Å²) in [6, 6.07) is 6.73. The zero-order chi connectivity index (χ0) is 13.1. The Labute approximate surface area is 114 Å². The minimum Gasteiger partial charge on any atom is -0.497 e. The normalized spacial score (nSPS) is 24.2. The van der Waals surface area contributed by atoms with Gasteiger partial charge in [-0.15, -0.1) is 0 Å². The summed E-state index contributed by atoms with van der Waals surface area (Å²) in [5.74, 6) is 1.88. The average Bonchev–Trinajstić information content (AvgIpc) is 2.69. The maximum Gasteiger partial charge on any atom is 0.127 e. The number of rotatable bonds is 2. The fourth-order valence-corrected chi connectivity index (χ4v) is 3.03. The fourth-order valence-electron chi connectivity index (χ4n) is 3.03. The number of piperazine rings is 1. The quantitative estimate of drug-likeness (QED) is 0.881. The van der Waals surface area contributed by atoms with E-state index in [2.05, 4.69) is 16.3 Å². The molecule has 0 spiro atoms. The van der Waals surface area contributed by atoms with Crippen molar-refractivity contribution in [3.8, 4) is 11.5 Å². The van der Waals surface area contributed by atoms with Crippen molar-refractivity contribution in [1.82, 2.24) is 10.2 Å². The summed E-state index contributed by atoms with van der Waals surface area (Å²) in [6.45, 7) is 5.22. The van der Waals surface area contributed by atoms with Gasteiger partial charge in [0.1, 0.15) is 11.5 Å². The highest BCUT2D eigenvalue weighted by molar-refractivity contribution is 5.43. The molecule has 2 aliphatic rings. The number of benzene rings is 1. The molecule has 0 amide bonds. The minimum absolute atomic E-state index is 0.491. The van der Waals surface area contributed by atoms with Crippen molar-refractivity contribution in [3.05, 3.63) is 23.8 Å². The van der Waals surface area contributed by atoms with Crippen LogP contribution in [0.4, 0.5) is 0 Å². The summed E-state index contributed by atoms with van der Waals surface area (Å²) in [7, 11) is 1.70. The van der Waals surface area contributed by atoms with Crippen LogP contribution in [0.25, 0.3) is 0 Å². The van der Waals surface area contributed by atoms with E-state index in [1.807, 2.05) is 12.1 Å². The van der Waals surface area contributed by atoms with Gasteiger partial charge in [-0.2, -0.15) is 0 Å². The topological polar surface area (TPSA) is 33.7 Å². The maximum absolute atomic E-state index is 5.89. The molecule has 3 rings (SSSR count). The summed E-state index contributed by atoms with van der Waals surface area (Å²) < 4.78 is 11.2. The van der Waals surface area contributed by atoms with Crippen LogP contribution in [0.3, 0.4) is 0 Å². The third-order valence-electron chi connectivity index (χ3n) is 4.05. The molecule has 1 aromatic rings. The van der Waals surface area contributed by atoms with Gasteiger partial charge in [-0.1, -0.05) is 6.07 Å². The Hall–Kier alpha value is -1.26. The summed E-state index contributed by atoms with van der Waals surface area (Å²) in [4.78, 5) is 2.58. The molecular weight excluding hydrogens is 240 g/mol. The van der Waals surface area contributed by atoms with Crippen molar-refractivity contribution >= 4 is 0 Å². The number of fused-ring (bicyclic) bond motifs is 1. The van der Waals surface area contributed by atoms with Crippen LogP contribution >= 0.6 is 0 Å². The van der Waals surface area contributed by atoms with Crippen molar-refractivity contribution in [2.24, 2.45) is 0 Å². The smallest absolute Gasteiger partial charge is 0.127 e. The van der Waals surface area contributed by atoms with Crippen molar-refractivity contribution in [3.63, 3.8) is 0 Å². The van der Waals surface area contributed by atoms with Gasteiger partial charge in [-0.05, 0) is 18.9 Å². The van der Waals surface area contributed by atoms with Crippen LogP contribution in [0.5, 0.6) is 11.5 Å². The van der Waals surface area contributed by atoms with Gasteiger partial charge in [0.2, 0.25) is 0 Å². The molecule has 104 valence electrons. The predicted octanol–water partition coefficient (Wildman–Crippen LogP) is 1.81. The highest BCUT2D eigenvalue weighted by atomic mass is 16.5. The van der Waals surface area contributed by atoms with Crippen LogP contribution in [0.1, 0.15) is 24.4 Å². The number of nitrogens with zero attached hydrogens (tertiary/aromatic N) is 1. The zero-order valence-corrected chi connectivity index (χ0v) is 11.5. The third kappa shape index (κ3) is 2.69. The predicted molar refractivity (Wildman–Crippen MR) is 74.9 cm³/mol. The second-order valence-corrected chi connectivity index (χ2v) is 5.20. The van der Waals surface area contributed by atoms with Gasteiger partial charge in [0.15, 0.2) is 0 Å².